The Morgan fingerprint density at radius 2 is 1.66 bits per heavy atom. The number of aliphatic hydroxyl groups excluding tert-OH is 1. The molecule has 1 heterocycles. The number of carbonyl (C=O) groups is 3. The summed E-state index contributed by atoms with van der Waals surface area (Å²) in [5.41, 5.74) is 0.112. The Hall–Kier alpha value is -4.05. The summed E-state index contributed by atoms with van der Waals surface area (Å²) in [6.07, 6.45) is 1.27. The highest BCUT2D eigenvalue weighted by Gasteiger charge is 2.40. The highest BCUT2D eigenvalue weighted by Crippen LogP contribution is 2.34. The number of hydrogen-bond donors (Lipinski definition) is 1. The molecule has 3 rings (SSSR count). The van der Waals surface area contributed by atoms with Crippen LogP contribution in [0.1, 0.15) is 73.7 Å². The standard InChI is InChI=1S/C28H29N3O4/c1-6-19(7-2)31-26(34)20-14-11-15-21(23(20)27(31)35)29-30-24(22(32)16-17-28(3,4)5)25(33)18-12-9-8-10-13-18/h8-15,19,33H,6-7H2,1-5H3. The van der Waals surface area contributed by atoms with Gasteiger partial charge in [0.05, 0.1) is 16.8 Å². The van der Waals surface area contributed by atoms with Gasteiger partial charge in [-0.2, -0.15) is 0 Å². The molecule has 35 heavy (non-hydrogen) atoms. The zero-order valence-corrected chi connectivity index (χ0v) is 20.6. The summed E-state index contributed by atoms with van der Waals surface area (Å²) in [4.78, 5) is 40.3. The zero-order chi connectivity index (χ0) is 25.8. The normalized spacial score (nSPS) is 14.2. The predicted octanol–water partition coefficient (Wildman–Crippen LogP) is 6.10. The van der Waals surface area contributed by atoms with E-state index in [0.29, 0.717) is 18.4 Å². The molecule has 0 spiro atoms. The Kier molecular flexibility index (Phi) is 7.65. The molecule has 0 unspecified atom stereocenters. The number of hydrogen-bond acceptors (Lipinski definition) is 6. The number of aliphatic hydroxyl groups is 1. The van der Waals surface area contributed by atoms with Crippen molar-refractivity contribution in [2.45, 2.75) is 53.5 Å². The number of benzene rings is 2. The molecule has 180 valence electrons. The largest absolute Gasteiger partial charge is 0.505 e. The molecule has 0 fully saturated rings. The van der Waals surface area contributed by atoms with Crippen LogP contribution in [0.25, 0.3) is 5.76 Å². The van der Waals surface area contributed by atoms with Gasteiger partial charge in [-0.15, -0.1) is 10.2 Å². The lowest BCUT2D eigenvalue weighted by Gasteiger charge is -2.23. The Labute approximate surface area is 205 Å². The van der Waals surface area contributed by atoms with Gasteiger partial charge in [-0.1, -0.05) is 56.2 Å². The maximum Gasteiger partial charge on any atom is 0.264 e. The average Bonchev–Trinajstić information content (AvgIpc) is 3.09. The minimum Gasteiger partial charge on any atom is -0.505 e. The average molecular weight is 472 g/mol. The number of Topliss-reactive ketones (excluding diaryl/α,β-unsaturated/α-hetero) is 1. The highest BCUT2D eigenvalue weighted by atomic mass is 16.3. The first-order valence-corrected chi connectivity index (χ1v) is 11.6. The Bertz CT molecular complexity index is 1270. The van der Waals surface area contributed by atoms with Gasteiger partial charge in [0, 0.05) is 17.0 Å². The summed E-state index contributed by atoms with van der Waals surface area (Å²) >= 11 is 0. The van der Waals surface area contributed by atoms with Crippen molar-refractivity contribution >= 4 is 29.0 Å². The van der Waals surface area contributed by atoms with E-state index in [0.717, 1.165) is 0 Å². The maximum atomic E-state index is 13.2. The molecule has 2 amide bonds. The van der Waals surface area contributed by atoms with E-state index in [1.807, 2.05) is 34.6 Å². The molecule has 0 aliphatic carbocycles. The van der Waals surface area contributed by atoms with Crippen LogP contribution in [0.5, 0.6) is 0 Å². The summed E-state index contributed by atoms with van der Waals surface area (Å²) in [5, 5.41) is 19.0. The molecular weight excluding hydrogens is 442 g/mol. The first kappa shape index (κ1) is 25.6. The van der Waals surface area contributed by atoms with Crippen LogP contribution in [0.15, 0.2) is 64.5 Å². The minimum atomic E-state index is -0.710. The number of nitrogens with zero attached hydrogens (tertiary/aromatic N) is 3. The van der Waals surface area contributed by atoms with Gasteiger partial charge in [-0.05, 0) is 51.7 Å². The number of fused-ring (bicyclic) bond motifs is 1. The molecule has 0 radical (unpaired) electrons. The van der Waals surface area contributed by atoms with Crippen LogP contribution in [-0.2, 0) is 4.79 Å². The van der Waals surface area contributed by atoms with Crippen molar-refractivity contribution in [3.05, 3.63) is 70.9 Å². The third-order valence-corrected chi connectivity index (χ3v) is 5.53. The SMILES string of the molecule is CCC(CC)N1C(=O)c2cccc(N=NC(C(=O)C#CC(C)(C)C)=C(O)c3ccccc3)c2C1=O. The number of carbonyl (C=O) groups excluding carboxylic acids is 3. The Morgan fingerprint density at radius 1 is 1.00 bits per heavy atom. The predicted molar refractivity (Wildman–Crippen MR) is 134 cm³/mol. The van der Waals surface area contributed by atoms with Crippen LogP contribution >= 0.6 is 0 Å². The first-order valence-electron chi connectivity index (χ1n) is 11.6. The smallest absolute Gasteiger partial charge is 0.264 e. The van der Waals surface area contributed by atoms with E-state index in [-0.39, 0.29) is 40.2 Å². The molecule has 2 aromatic rings. The molecule has 0 atom stereocenters. The lowest BCUT2D eigenvalue weighted by atomic mass is 9.97. The molecule has 2 aromatic carbocycles. The van der Waals surface area contributed by atoms with Crippen LogP contribution < -0.4 is 0 Å². The topological polar surface area (TPSA) is 99.4 Å². The van der Waals surface area contributed by atoms with Gasteiger partial charge in [-0.3, -0.25) is 19.3 Å². The van der Waals surface area contributed by atoms with Crippen molar-refractivity contribution in [1.29, 1.82) is 0 Å². The number of rotatable bonds is 7. The van der Waals surface area contributed by atoms with E-state index in [2.05, 4.69) is 22.1 Å². The number of amides is 2. The first-order chi connectivity index (χ1) is 16.6. The molecule has 0 bridgehead atoms. The van der Waals surface area contributed by atoms with E-state index < -0.39 is 17.1 Å². The summed E-state index contributed by atoms with van der Waals surface area (Å²) in [5.74, 6) is 3.47. The van der Waals surface area contributed by atoms with Crippen molar-refractivity contribution in [2.24, 2.45) is 15.6 Å². The Morgan fingerprint density at radius 3 is 2.26 bits per heavy atom. The third kappa shape index (κ3) is 5.55. The van der Waals surface area contributed by atoms with E-state index >= 15 is 0 Å². The summed E-state index contributed by atoms with van der Waals surface area (Å²) < 4.78 is 0. The van der Waals surface area contributed by atoms with E-state index in [1.165, 1.54) is 4.90 Å². The molecule has 1 aliphatic rings. The van der Waals surface area contributed by atoms with Crippen molar-refractivity contribution in [2.75, 3.05) is 0 Å². The van der Waals surface area contributed by atoms with Gasteiger partial charge < -0.3 is 5.11 Å². The maximum absolute atomic E-state index is 13.2. The number of azo groups is 1. The second kappa shape index (κ2) is 10.5. The van der Waals surface area contributed by atoms with E-state index in [1.54, 1.807) is 48.5 Å². The summed E-state index contributed by atoms with van der Waals surface area (Å²) in [6, 6.07) is 13.0. The lowest BCUT2D eigenvalue weighted by molar-refractivity contribution is -0.110. The van der Waals surface area contributed by atoms with Crippen molar-refractivity contribution in [1.82, 2.24) is 4.90 Å². The van der Waals surface area contributed by atoms with Crippen LogP contribution in [0, 0.1) is 17.3 Å². The summed E-state index contributed by atoms with van der Waals surface area (Å²) in [6.45, 7) is 9.42. The van der Waals surface area contributed by atoms with Crippen LogP contribution in [0.2, 0.25) is 0 Å². The fourth-order valence-corrected chi connectivity index (χ4v) is 3.69. The second-order valence-electron chi connectivity index (χ2n) is 9.24. The van der Waals surface area contributed by atoms with Crippen molar-refractivity contribution in [3.63, 3.8) is 0 Å². The van der Waals surface area contributed by atoms with Gasteiger partial charge in [0.25, 0.3) is 17.6 Å². The van der Waals surface area contributed by atoms with Gasteiger partial charge in [0.2, 0.25) is 0 Å². The molecule has 0 aromatic heterocycles. The van der Waals surface area contributed by atoms with E-state index in [9.17, 15) is 19.5 Å². The molecule has 7 heteroatoms. The molecule has 1 N–H and O–H groups in total. The van der Waals surface area contributed by atoms with E-state index in [4.69, 9.17) is 0 Å². The second-order valence-corrected chi connectivity index (χ2v) is 9.24. The number of allylic oxidation sites excluding steroid dienone is 1. The van der Waals surface area contributed by atoms with Crippen LogP contribution in [-0.4, -0.2) is 33.6 Å². The van der Waals surface area contributed by atoms with Crippen LogP contribution in [0.3, 0.4) is 0 Å². The number of imide groups is 1. The molecule has 0 saturated heterocycles. The van der Waals surface area contributed by atoms with Crippen molar-refractivity contribution in [3.8, 4) is 11.8 Å². The molecule has 0 saturated carbocycles. The molecule has 7 nitrogen and oxygen atoms in total. The van der Waals surface area contributed by atoms with Gasteiger partial charge >= 0.3 is 0 Å². The van der Waals surface area contributed by atoms with Crippen molar-refractivity contribution < 1.29 is 19.5 Å². The fourth-order valence-electron chi connectivity index (χ4n) is 3.69. The van der Waals surface area contributed by atoms with Gasteiger partial charge in [0.1, 0.15) is 0 Å². The third-order valence-electron chi connectivity index (χ3n) is 5.53. The quantitative estimate of drug-likeness (QED) is 0.132. The zero-order valence-electron chi connectivity index (χ0n) is 20.6. The highest BCUT2D eigenvalue weighted by molar-refractivity contribution is 6.23. The summed E-state index contributed by atoms with van der Waals surface area (Å²) in [7, 11) is 0. The lowest BCUT2D eigenvalue weighted by Crippen LogP contribution is -2.39. The minimum absolute atomic E-state index is 0.139. The molecular formula is C28H29N3O4. The van der Waals surface area contributed by atoms with Crippen LogP contribution in [0.4, 0.5) is 5.69 Å². The Balaban J connectivity index is 2.09. The monoisotopic (exact) mass is 471 g/mol. The molecule has 1 aliphatic heterocycles. The fraction of sp³-hybridized carbons (Fsp3) is 0.321. The van der Waals surface area contributed by atoms with Gasteiger partial charge in [0.15, 0.2) is 11.5 Å². The number of ketones is 1. The van der Waals surface area contributed by atoms with Gasteiger partial charge in [-0.25, -0.2) is 0 Å².